The number of amides is 2. The van der Waals surface area contributed by atoms with Crippen LogP contribution in [0.25, 0.3) is 0 Å². The molecule has 0 atom stereocenters. The number of carbonyl (C=O) groups is 1. The lowest BCUT2D eigenvalue weighted by Gasteiger charge is -2.15. The average Bonchev–Trinajstić information content (AvgIpc) is 2.52. The lowest BCUT2D eigenvalue weighted by molar-refractivity contribution is -0.0598. The van der Waals surface area contributed by atoms with Gasteiger partial charge in [0.25, 0.3) is 0 Å². The van der Waals surface area contributed by atoms with Crippen LogP contribution < -0.4 is 10.1 Å². The van der Waals surface area contributed by atoms with Crippen molar-refractivity contribution in [3.63, 3.8) is 0 Å². The van der Waals surface area contributed by atoms with Crippen LogP contribution in [0.2, 0.25) is 0 Å². The molecule has 5 nitrogen and oxygen atoms in total. The number of ether oxygens (including phenoxy) is 1. The van der Waals surface area contributed by atoms with E-state index in [0.29, 0.717) is 12.3 Å². The standard InChI is InChI=1S/C17H20N2O3/c1-13-6-4-9-16(10-13)22-12-14-7-5-8-15(11-14)18-17(20)19(2)21-3/h4-11H,12H2,1-3H3,(H,18,20). The van der Waals surface area contributed by atoms with Gasteiger partial charge in [0.1, 0.15) is 12.4 Å². The van der Waals surface area contributed by atoms with Gasteiger partial charge in [0, 0.05) is 12.7 Å². The second kappa shape index (κ2) is 7.47. The first-order valence-electron chi connectivity index (χ1n) is 6.95. The number of hydroxylamine groups is 2. The number of carbonyl (C=O) groups excluding carboxylic acids is 1. The number of benzene rings is 2. The predicted octanol–water partition coefficient (Wildman–Crippen LogP) is 3.60. The molecular weight excluding hydrogens is 280 g/mol. The molecular formula is C17H20N2O3. The van der Waals surface area contributed by atoms with E-state index < -0.39 is 0 Å². The molecule has 22 heavy (non-hydrogen) atoms. The Balaban J connectivity index is 1.98. The van der Waals surface area contributed by atoms with Crippen molar-refractivity contribution in [1.29, 1.82) is 0 Å². The second-order valence-corrected chi connectivity index (χ2v) is 4.92. The zero-order valence-electron chi connectivity index (χ0n) is 13.0. The first-order valence-corrected chi connectivity index (χ1v) is 6.95. The third-order valence-corrected chi connectivity index (χ3v) is 3.13. The average molecular weight is 300 g/mol. The van der Waals surface area contributed by atoms with Gasteiger partial charge in [-0.05, 0) is 42.3 Å². The largest absolute Gasteiger partial charge is 0.489 e. The molecule has 2 amide bonds. The molecule has 0 aliphatic heterocycles. The fraction of sp³-hybridized carbons (Fsp3) is 0.235. The van der Waals surface area contributed by atoms with Crippen LogP contribution in [0, 0.1) is 6.92 Å². The molecule has 0 bridgehead atoms. The van der Waals surface area contributed by atoms with Crippen molar-refractivity contribution in [2.24, 2.45) is 0 Å². The first-order chi connectivity index (χ1) is 10.6. The van der Waals surface area contributed by atoms with Gasteiger partial charge < -0.3 is 10.1 Å². The summed E-state index contributed by atoms with van der Waals surface area (Å²) in [7, 11) is 2.98. The molecule has 5 heteroatoms. The molecule has 2 rings (SSSR count). The molecule has 116 valence electrons. The molecule has 0 saturated heterocycles. The highest BCUT2D eigenvalue weighted by Crippen LogP contribution is 2.16. The summed E-state index contributed by atoms with van der Waals surface area (Å²) in [6.45, 7) is 2.46. The Bertz CT molecular complexity index is 643. The minimum atomic E-state index is -0.334. The van der Waals surface area contributed by atoms with Gasteiger partial charge in [-0.3, -0.25) is 4.84 Å². The van der Waals surface area contributed by atoms with Gasteiger partial charge in [-0.25, -0.2) is 9.86 Å². The van der Waals surface area contributed by atoms with E-state index in [2.05, 4.69) is 5.32 Å². The highest BCUT2D eigenvalue weighted by molar-refractivity contribution is 5.88. The van der Waals surface area contributed by atoms with Crippen LogP contribution in [0.4, 0.5) is 10.5 Å². The lowest BCUT2D eigenvalue weighted by atomic mass is 10.2. The summed E-state index contributed by atoms with van der Waals surface area (Å²) in [6.07, 6.45) is 0. The highest BCUT2D eigenvalue weighted by atomic mass is 16.7. The summed E-state index contributed by atoms with van der Waals surface area (Å²) >= 11 is 0. The Morgan fingerprint density at radius 2 is 1.95 bits per heavy atom. The van der Waals surface area contributed by atoms with E-state index in [0.717, 1.165) is 21.9 Å². The smallest absolute Gasteiger partial charge is 0.345 e. The summed E-state index contributed by atoms with van der Waals surface area (Å²) in [5.74, 6) is 0.827. The fourth-order valence-electron chi connectivity index (χ4n) is 1.90. The number of nitrogens with one attached hydrogen (secondary N) is 1. The Morgan fingerprint density at radius 3 is 2.68 bits per heavy atom. The molecule has 0 heterocycles. The third-order valence-electron chi connectivity index (χ3n) is 3.13. The predicted molar refractivity (Wildman–Crippen MR) is 85.7 cm³/mol. The van der Waals surface area contributed by atoms with Crippen LogP contribution in [0.3, 0.4) is 0 Å². The zero-order chi connectivity index (χ0) is 15.9. The van der Waals surface area contributed by atoms with E-state index in [1.165, 1.54) is 7.11 Å². The van der Waals surface area contributed by atoms with Crippen LogP contribution in [0.15, 0.2) is 48.5 Å². The Labute approximate surface area is 130 Å². The molecule has 1 N–H and O–H groups in total. The van der Waals surface area contributed by atoms with Crippen molar-refractivity contribution in [2.75, 3.05) is 19.5 Å². The number of nitrogens with zero attached hydrogens (tertiary/aromatic N) is 1. The van der Waals surface area contributed by atoms with Crippen molar-refractivity contribution < 1.29 is 14.4 Å². The van der Waals surface area contributed by atoms with E-state index in [9.17, 15) is 4.79 Å². The second-order valence-electron chi connectivity index (χ2n) is 4.92. The summed E-state index contributed by atoms with van der Waals surface area (Å²) in [5, 5.41) is 3.87. The molecule has 0 spiro atoms. The zero-order valence-corrected chi connectivity index (χ0v) is 13.0. The van der Waals surface area contributed by atoms with Crippen molar-refractivity contribution in [1.82, 2.24) is 5.06 Å². The summed E-state index contributed by atoms with van der Waals surface area (Å²) < 4.78 is 5.75. The maximum Gasteiger partial charge on any atom is 0.345 e. The van der Waals surface area contributed by atoms with E-state index in [-0.39, 0.29) is 6.03 Å². The molecule has 0 saturated carbocycles. The third kappa shape index (κ3) is 4.49. The maximum absolute atomic E-state index is 11.7. The van der Waals surface area contributed by atoms with Crippen molar-refractivity contribution in [3.05, 3.63) is 59.7 Å². The highest BCUT2D eigenvalue weighted by Gasteiger charge is 2.08. The van der Waals surface area contributed by atoms with Crippen LogP contribution in [-0.2, 0) is 11.4 Å². The molecule has 2 aromatic rings. The topological polar surface area (TPSA) is 50.8 Å². The first kappa shape index (κ1) is 15.9. The molecule has 2 aromatic carbocycles. The van der Waals surface area contributed by atoms with Gasteiger partial charge in [-0.1, -0.05) is 24.3 Å². The van der Waals surface area contributed by atoms with Crippen molar-refractivity contribution in [3.8, 4) is 5.75 Å². The number of urea groups is 1. The van der Waals surface area contributed by atoms with Gasteiger partial charge in [0.05, 0.1) is 7.11 Å². The van der Waals surface area contributed by atoms with Crippen LogP contribution >= 0.6 is 0 Å². The van der Waals surface area contributed by atoms with Crippen molar-refractivity contribution in [2.45, 2.75) is 13.5 Å². The van der Waals surface area contributed by atoms with Gasteiger partial charge in [0.15, 0.2) is 0 Å². The minimum absolute atomic E-state index is 0.334. The van der Waals surface area contributed by atoms with E-state index in [1.54, 1.807) is 7.05 Å². The Morgan fingerprint density at radius 1 is 1.18 bits per heavy atom. The van der Waals surface area contributed by atoms with Gasteiger partial charge >= 0.3 is 6.03 Å². The molecule has 0 fully saturated rings. The molecule has 0 radical (unpaired) electrons. The molecule has 0 unspecified atom stereocenters. The van der Waals surface area contributed by atoms with Crippen LogP contribution in [-0.4, -0.2) is 25.3 Å². The van der Waals surface area contributed by atoms with E-state index >= 15 is 0 Å². The molecule has 0 aliphatic carbocycles. The minimum Gasteiger partial charge on any atom is -0.489 e. The van der Waals surface area contributed by atoms with Gasteiger partial charge in [-0.15, -0.1) is 0 Å². The number of anilines is 1. The molecule has 0 aromatic heterocycles. The number of hydrogen-bond donors (Lipinski definition) is 1. The molecule has 0 aliphatic rings. The van der Waals surface area contributed by atoms with E-state index in [4.69, 9.17) is 9.57 Å². The summed E-state index contributed by atoms with van der Waals surface area (Å²) in [5.41, 5.74) is 2.82. The number of hydrogen-bond acceptors (Lipinski definition) is 3. The quantitative estimate of drug-likeness (QED) is 0.858. The van der Waals surface area contributed by atoms with Crippen LogP contribution in [0.5, 0.6) is 5.75 Å². The Hall–Kier alpha value is -2.53. The monoisotopic (exact) mass is 300 g/mol. The van der Waals surface area contributed by atoms with Crippen LogP contribution in [0.1, 0.15) is 11.1 Å². The normalized spacial score (nSPS) is 10.1. The number of aryl methyl sites for hydroxylation is 1. The maximum atomic E-state index is 11.7. The van der Waals surface area contributed by atoms with Crippen molar-refractivity contribution >= 4 is 11.7 Å². The summed E-state index contributed by atoms with van der Waals surface area (Å²) in [6, 6.07) is 15.1. The van der Waals surface area contributed by atoms with Gasteiger partial charge in [0.2, 0.25) is 0 Å². The SMILES string of the molecule is CON(C)C(=O)Nc1cccc(COc2cccc(C)c2)c1. The number of rotatable bonds is 5. The summed E-state index contributed by atoms with van der Waals surface area (Å²) in [4.78, 5) is 16.6. The van der Waals surface area contributed by atoms with E-state index in [1.807, 2.05) is 55.5 Å². The van der Waals surface area contributed by atoms with Gasteiger partial charge in [-0.2, -0.15) is 0 Å². The fourth-order valence-corrected chi connectivity index (χ4v) is 1.90. The Kier molecular flexibility index (Phi) is 5.38. The lowest BCUT2D eigenvalue weighted by Crippen LogP contribution is -2.30.